The average molecular weight is 327 g/mol. The minimum atomic E-state index is -4.86. The zero-order chi connectivity index (χ0) is 17.1. The molecular weight excluding hydrogens is 313 g/mol. The molecule has 1 N–H and O–H groups in total. The Balaban J connectivity index is 3.04. The number of ether oxygens (including phenoxy) is 2. The Morgan fingerprint density at radius 1 is 1.18 bits per heavy atom. The second kappa shape index (κ2) is 6.80. The van der Waals surface area contributed by atoms with Crippen LogP contribution in [0.4, 0.5) is 22.0 Å². The number of alkyl halides is 4. The van der Waals surface area contributed by atoms with Crippen molar-refractivity contribution in [2.24, 2.45) is 0 Å². The van der Waals surface area contributed by atoms with Crippen molar-refractivity contribution in [1.29, 1.82) is 0 Å². The van der Waals surface area contributed by atoms with Gasteiger partial charge in [0.1, 0.15) is 5.82 Å². The van der Waals surface area contributed by atoms with Crippen LogP contribution in [0.1, 0.15) is 18.5 Å². The molecule has 0 aliphatic carbocycles. The van der Waals surface area contributed by atoms with Gasteiger partial charge < -0.3 is 14.8 Å². The molecule has 0 heterocycles. The Bertz CT molecular complexity index is 551. The van der Waals surface area contributed by atoms with Crippen molar-refractivity contribution in [3.05, 3.63) is 23.5 Å². The van der Waals surface area contributed by atoms with Crippen LogP contribution in [0, 0.1) is 5.82 Å². The van der Waals surface area contributed by atoms with Gasteiger partial charge in [0.2, 0.25) is 0 Å². The first-order valence-electron chi connectivity index (χ1n) is 6.03. The molecule has 124 valence electrons. The molecule has 4 nitrogen and oxygen atoms in total. The first-order valence-corrected chi connectivity index (χ1v) is 6.03. The number of carbonyl (C=O) groups excluding carboxylic acids is 1. The van der Waals surface area contributed by atoms with E-state index in [1.165, 1.54) is 21.1 Å². The number of carbonyl (C=O) groups is 1. The molecule has 0 spiro atoms. The predicted octanol–water partition coefficient (Wildman–Crippen LogP) is 2.92. The molecule has 0 aliphatic heterocycles. The fourth-order valence-corrected chi connectivity index (χ4v) is 1.67. The van der Waals surface area contributed by atoms with Gasteiger partial charge in [0.15, 0.2) is 11.5 Å². The van der Waals surface area contributed by atoms with Crippen molar-refractivity contribution >= 4 is 5.91 Å². The summed E-state index contributed by atoms with van der Waals surface area (Å²) in [6, 6.07) is 0.777. The standard InChI is InChI=1S/C13H14F5NO3/c1-6(19-12(20)13(17,18)11(15)16)7-4-9(21-2)10(22-3)5-8(7)14/h4-6,11H,1-3H3,(H,19,20). The number of halogens is 5. The molecule has 0 aromatic heterocycles. The minimum absolute atomic E-state index is 0.0557. The lowest BCUT2D eigenvalue weighted by molar-refractivity contribution is -0.170. The second-order valence-corrected chi connectivity index (χ2v) is 4.35. The van der Waals surface area contributed by atoms with Crippen LogP contribution in [0.2, 0.25) is 0 Å². The third kappa shape index (κ3) is 3.58. The smallest absolute Gasteiger partial charge is 0.383 e. The highest BCUT2D eigenvalue weighted by molar-refractivity contribution is 5.84. The maximum atomic E-state index is 13.9. The Kier molecular flexibility index (Phi) is 5.56. The van der Waals surface area contributed by atoms with Gasteiger partial charge in [-0.1, -0.05) is 0 Å². The van der Waals surface area contributed by atoms with Crippen LogP contribution in [0.25, 0.3) is 0 Å². The van der Waals surface area contributed by atoms with E-state index >= 15 is 0 Å². The molecule has 9 heteroatoms. The maximum Gasteiger partial charge on any atom is 0.383 e. The molecule has 0 radical (unpaired) electrons. The highest BCUT2D eigenvalue weighted by Gasteiger charge is 2.49. The van der Waals surface area contributed by atoms with E-state index in [1.54, 1.807) is 5.32 Å². The second-order valence-electron chi connectivity index (χ2n) is 4.35. The van der Waals surface area contributed by atoms with E-state index in [0.29, 0.717) is 0 Å². The molecule has 0 fully saturated rings. The number of amides is 1. The molecule has 0 saturated carbocycles. The summed E-state index contributed by atoms with van der Waals surface area (Å²) in [5, 5.41) is 1.64. The Labute approximate surface area is 123 Å². The zero-order valence-electron chi connectivity index (χ0n) is 11.9. The minimum Gasteiger partial charge on any atom is -0.493 e. The van der Waals surface area contributed by atoms with E-state index in [0.717, 1.165) is 12.1 Å². The number of benzene rings is 1. The van der Waals surface area contributed by atoms with Crippen LogP contribution in [0.5, 0.6) is 11.5 Å². The molecule has 1 atom stereocenters. The van der Waals surface area contributed by atoms with Crippen LogP contribution in [-0.4, -0.2) is 32.5 Å². The number of nitrogens with one attached hydrogen (secondary N) is 1. The van der Waals surface area contributed by atoms with E-state index in [-0.39, 0.29) is 17.1 Å². The molecule has 1 rings (SSSR count). The van der Waals surface area contributed by atoms with Crippen molar-refractivity contribution in [2.75, 3.05) is 14.2 Å². The van der Waals surface area contributed by atoms with Gasteiger partial charge in [0.05, 0.1) is 20.3 Å². The third-order valence-corrected chi connectivity index (χ3v) is 2.89. The average Bonchev–Trinajstić information content (AvgIpc) is 2.46. The summed E-state index contributed by atoms with van der Waals surface area (Å²) in [7, 11) is 2.54. The lowest BCUT2D eigenvalue weighted by Gasteiger charge is -2.20. The number of hydrogen-bond donors (Lipinski definition) is 1. The number of hydrogen-bond acceptors (Lipinski definition) is 3. The normalized spacial score (nSPS) is 13.0. The summed E-state index contributed by atoms with van der Waals surface area (Å²) >= 11 is 0. The predicted molar refractivity (Wildman–Crippen MR) is 67.0 cm³/mol. The largest absolute Gasteiger partial charge is 0.493 e. The summed E-state index contributed by atoms with van der Waals surface area (Å²) in [5.41, 5.74) is -0.212. The fraction of sp³-hybridized carbons (Fsp3) is 0.462. The fourth-order valence-electron chi connectivity index (χ4n) is 1.67. The molecule has 22 heavy (non-hydrogen) atoms. The Hall–Kier alpha value is -2.06. The van der Waals surface area contributed by atoms with Gasteiger partial charge >= 0.3 is 12.3 Å². The highest BCUT2D eigenvalue weighted by Crippen LogP contribution is 2.33. The van der Waals surface area contributed by atoms with E-state index in [1.807, 2.05) is 0 Å². The lowest BCUT2D eigenvalue weighted by atomic mass is 10.1. The van der Waals surface area contributed by atoms with E-state index in [4.69, 9.17) is 9.47 Å². The zero-order valence-corrected chi connectivity index (χ0v) is 11.9. The van der Waals surface area contributed by atoms with Crippen LogP contribution in [0.15, 0.2) is 12.1 Å². The summed E-state index contributed by atoms with van der Waals surface area (Å²) in [4.78, 5) is 11.2. The first kappa shape index (κ1) is 18.0. The van der Waals surface area contributed by atoms with Gasteiger partial charge in [0, 0.05) is 11.6 Å². The molecule has 0 aliphatic rings. The molecule has 1 unspecified atom stereocenters. The van der Waals surface area contributed by atoms with Crippen molar-refractivity contribution in [3.8, 4) is 11.5 Å². The van der Waals surface area contributed by atoms with Crippen molar-refractivity contribution in [1.82, 2.24) is 5.32 Å². The molecule has 1 aromatic carbocycles. The topological polar surface area (TPSA) is 47.6 Å². The highest BCUT2D eigenvalue weighted by atomic mass is 19.3. The van der Waals surface area contributed by atoms with E-state index < -0.39 is 30.1 Å². The van der Waals surface area contributed by atoms with Gasteiger partial charge in [-0.25, -0.2) is 13.2 Å². The summed E-state index contributed by atoms with van der Waals surface area (Å²) in [6.45, 7) is 1.17. The Morgan fingerprint density at radius 3 is 2.14 bits per heavy atom. The van der Waals surface area contributed by atoms with Crippen molar-refractivity contribution in [3.63, 3.8) is 0 Å². The number of methoxy groups -OCH3 is 2. The van der Waals surface area contributed by atoms with Gasteiger partial charge in [-0.05, 0) is 13.0 Å². The van der Waals surface area contributed by atoms with Crippen LogP contribution < -0.4 is 14.8 Å². The lowest BCUT2D eigenvalue weighted by Crippen LogP contribution is -2.46. The van der Waals surface area contributed by atoms with Gasteiger partial charge in [-0.15, -0.1) is 0 Å². The quantitative estimate of drug-likeness (QED) is 0.817. The van der Waals surface area contributed by atoms with Crippen molar-refractivity contribution in [2.45, 2.75) is 25.3 Å². The molecule has 0 bridgehead atoms. The summed E-state index contributed by atoms with van der Waals surface area (Å²) in [6.07, 6.45) is -4.16. The molecule has 0 saturated heterocycles. The number of rotatable bonds is 6. The van der Waals surface area contributed by atoms with E-state index in [9.17, 15) is 26.7 Å². The van der Waals surface area contributed by atoms with Gasteiger partial charge in [0.25, 0.3) is 5.91 Å². The molecular formula is C13H14F5NO3. The Morgan fingerprint density at radius 2 is 1.68 bits per heavy atom. The van der Waals surface area contributed by atoms with Crippen molar-refractivity contribution < 1.29 is 36.2 Å². The van der Waals surface area contributed by atoms with Gasteiger partial charge in [-0.2, -0.15) is 8.78 Å². The maximum absolute atomic E-state index is 13.9. The van der Waals surface area contributed by atoms with Crippen LogP contribution >= 0.6 is 0 Å². The van der Waals surface area contributed by atoms with Crippen LogP contribution in [0.3, 0.4) is 0 Å². The summed E-state index contributed by atoms with van der Waals surface area (Å²) < 4.78 is 73.6. The molecule has 1 amide bonds. The van der Waals surface area contributed by atoms with Gasteiger partial charge in [-0.3, -0.25) is 4.79 Å². The van der Waals surface area contributed by atoms with Crippen LogP contribution in [-0.2, 0) is 4.79 Å². The molecule has 1 aromatic rings. The SMILES string of the molecule is COc1cc(F)c(C(C)NC(=O)C(F)(F)C(F)F)cc1OC. The summed E-state index contributed by atoms with van der Waals surface area (Å²) in [5.74, 6) is -7.77. The monoisotopic (exact) mass is 327 g/mol. The van der Waals surface area contributed by atoms with E-state index in [2.05, 4.69) is 0 Å². The first-order chi connectivity index (χ1) is 10.1. The third-order valence-electron chi connectivity index (χ3n) is 2.89.